The minimum absolute atomic E-state index is 0.0364. The molecule has 1 amide bonds. The Labute approximate surface area is 129 Å². The third kappa shape index (κ3) is 4.08. The standard InChI is InChI=1S/C16H19NO5/c1-20-15(18)14(17-16(19)21-2)12-8-13(9-12)22-10-11-6-4-3-5-7-11/h3-7,13H,8-10H2,1-2H3,(H,17,19). The van der Waals surface area contributed by atoms with Gasteiger partial charge in [-0.05, 0) is 24.0 Å². The monoisotopic (exact) mass is 305 g/mol. The van der Waals surface area contributed by atoms with E-state index < -0.39 is 12.1 Å². The van der Waals surface area contributed by atoms with E-state index in [1.165, 1.54) is 14.2 Å². The van der Waals surface area contributed by atoms with E-state index in [1.54, 1.807) is 0 Å². The van der Waals surface area contributed by atoms with Gasteiger partial charge in [-0.2, -0.15) is 0 Å². The molecule has 0 heterocycles. The van der Waals surface area contributed by atoms with Crippen LogP contribution in [0.5, 0.6) is 0 Å². The Morgan fingerprint density at radius 3 is 2.41 bits per heavy atom. The van der Waals surface area contributed by atoms with Crippen molar-refractivity contribution in [3.63, 3.8) is 0 Å². The lowest BCUT2D eigenvalue weighted by atomic mass is 9.87. The van der Waals surface area contributed by atoms with Crippen molar-refractivity contribution in [2.45, 2.75) is 25.6 Å². The third-order valence-corrected chi connectivity index (χ3v) is 3.43. The molecule has 22 heavy (non-hydrogen) atoms. The van der Waals surface area contributed by atoms with E-state index in [2.05, 4.69) is 14.8 Å². The smallest absolute Gasteiger partial charge is 0.411 e. The number of hydrogen-bond acceptors (Lipinski definition) is 5. The number of amides is 1. The van der Waals surface area contributed by atoms with Gasteiger partial charge in [0.25, 0.3) is 0 Å². The lowest BCUT2D eigenvalue weighted by molar-refractivity contribution is -0.136. The second-order valence-electron chi connectivity index (χ2n) is 4.91. The number of carbonyl (C=O) groups excluding carboxylic acids is 2. The zero-order valence-electron chi connectivity index (χ0n) is 12.6. The number of rotatable bonds is 5. The van der Waals surface area contributed by atoms with Gasteiger partial charge in [0.2, 0.25) is 0 Å². The zero-order valence-corrected chi connectivity index (χ0v) is 12.6. The van der Waals surface area contributed by atoms with E-state index in [4.69, 9.17) is 4.74 Å². The van der Waals surface area contributed by atoms with Crippen LogP contribution in [0.15, 0.2) is 41.6 Å². The molecule has 0 bridgehead atoms. The quantitative estimate of drug-likeness (QED) is 0.666. The van der Waals surface area contributed by atoms with Gasteiger partial charge in [-0.3, -0.25) is 5.32 Å². The highest BCUT2D eigenvalue weighted by Crippen LogP contribution is 2.32. The highest BCUT2D eigenvalue weighted by molar-refractivity contribution is 5.93. The largest absolute Gasteiger partial charge is 0.464 e. The summed E-state index contributed by atoms with van der Waals surface area (Å²) in [4.78, 5) is 23.0. The van der Waals surface area contributed by atoms with Gasteiger partial charge in [0.05, 0.1) is 26.9 Å². The topological polar surface area (TPSA) is 73.9 Å². The van der Waals surface area contributed by atoms with Crippen molar-refractivity contribution >= 4 is 12.1 Å². The van der Waals surface area contributed by atoms with Crippen LogP contribution in [0.1, 0.15) is 18.4 Å². The van der Waals surface area contributed by atoms with Crippen LogP contribution >= 0.6 is 0 Å². The molecule has 1 aromatic rings. The fourth-order valence-corrected chi connectivity index (χ4v) is 2.14. The first-order valence-corrected chi connectivity index (χ1v) is 6.95. The van der Waals surface area contributed by atoms with Crippen molar-refractivity contribution in [2.75, 3.05) is 14.2 Å². The molecule has 0 radical (unpaired) electrons. The SMILES string of the molecule is COC(=O)NC(C(=O)OC)=C1CC(OCc2ccccc2)C1. The molecule has 1 fully saturated rings. The molecular formula is C16H19NO5. The van der Waals surface area contributed by atoms with Gasteiger partial charge in [-0.25, -0.2) is 9.59 Å². The van der Waals surface area contributed by atoms with Crippen molar-refractivity contribution < 1.29 is 23.8 Å². The van der Waals surface area contributed by atoms with Crippen molar-refractivity contribution in [3.05, 3.63) is 47.2 Å². The van der Waals surface area contributed by atoms with Crippen LogP contribution in [-0.2, 0) is 25.6 Å². The maximum atomic E-state index is 11.7. The van der Waals surface area contributed by atoms with Crippen molar-refractivity contribution in [3.8, 4) is 0 Å². The summed E-state index contributed by atoms with van der Waals surface area (Å²) in [5.74, 6) is -0.582. The number of nitrogens with one attached hydrogen (secondary N) is 1. The molecule has 1 saturated carbocycles. The Morgan fingerprint density at radius 2 is 1.82 bits per heavy atom. The summed E-state index contributed by atoms with van der Waals surface area (Å²) in [5.41, 5.74) is 2.05. The predicted molar refractivity (Wildman–Crippen MR) is 78.8 cm³/mol. The first kappa shape index (κ1) is 16.0. The lowest BCUT2D eigenvalue weighted by Crippen LogP contribution is -2.34. The van der Waals surface area contributed by atoms with Crippen molar-refractivity contribution in [2.24, 2.45) is 0 Å². The van der Waals surface area contributed by atoms with E-state index in [-0.39, 0.29) is 11.8 Å². The van der Waals surface area contributed by atoms with Crippen LogP contribution in [0.2, 0.25) is 0 Å². The van der Waals surface area contributed by atoms with Crippen LogP contribution in [-0.4, -0.2) is 32.4 Å². The number of esters is 1. The summed E-state index contributed by atoms with van der Waals surface area (Å²) >= 11 is 0. The summed E-state index contributed by atoms with van der Waals surface area (Å²) in [5, 5.41) is 2.40. The molecule has 2 rings (SSSR count). The Hall–Kier alpha value is -2.34. The fourth-order valence-electron chi connectivity index (χ4n) is 2.14. The lowest BCUT2D eigenvalue weighted by Gasteiger charge is -2.31. The van der Waals surface area contributed by atoms with Crippen LogP contribution < -0.4 is 5.32 Å². The number of hydrogen-bond donors (Lipinski definition) is 1. The van der Waals surface area contributed by atoms with E-state index in [9.17, 15) is 9.59 Å². The van der Waals surface area contributed by atoms with E-state index in [1.807, 2.05) is 30.3 Å². The molecule has 0 atom stereocenters. The normalized spacial score (nSPS) is 16.5. The highest BCUT2D eigenvalue weighted by Gasteiger charge is 2.31. The average Bonchev–Trinajstić information content (AvgIpc) is 2.52. The molecule has 0 saturated heterocycles. The van der Waals surface area contributed by atoms with Gasteiger partial charge in [-0.1, -0.05) is 30.3 Å². The van der Waals surface area contributed by atoms with Gasteiger partial charge in [0.15, 0.2) is 0 Å². The molecule has 6 heteroatoms. The van der Waals surface area contributed by atoms with Crippen LogP contribution in [0.25, 0.3) is 0 Å². The van der Waals surface area contributed by atoms with Crippen LogP contribution in [0, 0.1) is 0 Å². The number of benzene rings is 1. The maximum Gasteiger partial charge on any atom is 0.411 e. The molecule has 6 nitrogen and oxygen atoms in total. The summed E-state index contributed by atoms with van der Waals surface area (Å²) in [6, 6.07) is 9.86. The Balaban J connectivity index is 1.90. The van der Waals surface area contributed by atoms with Crippen LogP contribution in [0.4, 0.5) is 4.79 Å². The summed E-state index contributed by atoms with van der Waals surface area (Å²) < 4.78 is 14.9. The summed E-state index contributed by atoms with van der Waals surface area (Å²) in [6.07, 6.45) is 0.513. The van der Waals surface area contributed by atoms with E-state index in [0.29, 0.717) is 19.4 Å². The number of ether oxygens (including phenoxy) is 3. The number of carbonyl (C=O) groups is 2. The highest BCUT2D eigenvalue weighted by atomic mass is 16.5. The summed E-state index contributed by atoms with van der Waals surface area (Å²) in [7, 11) is 2.51. The fraction of sp³-hybridized carbons (Fsp3) is 0.375. The van der Waals surface area contributed by atoms with E-state index >= 15 is 0 Å². The molecule has 1 N–H and O–H groups in total. The molecular weight excluding hydrogens is 286 g/mol. The minimum atomic E-state index is -0.693. The van der Waals surface area contributed by atoms with Gasteiger partial charge < -0.3 is 14.2 Å². The first-order valence-electron chi connectivity index (χ1n) is 6.95. The molecule has 0 aliphatic heterocycles. The second-order valence-corrected chi connectivity index (χ2v) is 4.91. The average molecular weight is 305 g/mol. The minimum Gasteiger partial charge on any atom is -0.464 e. The predicted octanol–water partition coefficient (Wildman–Crippen LogP) is 2.15. The maximum absolute atomic E-state index is 11.7. The Bertz CT molecular complexity index is 559. The molecule has 0 spiro atoms. The Kier molecular flexibility index (Phi) is 5.55. The van der Waals surface area contributed by atoms with Gasteiger partial charge in [-0.15, -0.1) is 0 Å². The van der Waals surface area contributed by atoms with Gasteiger partial charge in [0, 0.05) is 0 Å². The number of alkyl carbamates (subject to hydrolysis) is 1. The second kappa shape index (κ2) is 7.61. The molecule has 1 aliphatic carbocycles. The van der Waals surface area contributed by atoms with Crippen LogP contribution in [0.3, 0.4) is 0 Å². The van der Waals surface area contributed by atoms with Gasteiger partial charge in [0.1, 0.15) is 5.70 Å². The van der Waals surface area contributed by atoms with Gasteiger partial charge >= 0.3 is 12.1 Å². The molecule has 118 valence electrons. The Morgan fingerprint density at radius 1 is 1.14 bits per heavy atom. The zero-order chi connectivity index (χ0) is 15.9. The molecule has 1 aliphatic rings. The van der Waals surface area contributed by atoms with Crippen molar-refractivity contribution in [1.82, 2.24) is 5.32 Å². The van der Waals surface area contributed by atoms with E-state index in [0.717, 1.165) is 11.1 Å². The van der Waals surface area contributed by atoms with Crippen molar-refractivity contribution in [1.29, 1.82) is 0 Å². The first-order chi connectivity index (χ1) is 10.6. The molecule has 0 unspecified atom stereocenters. The third-order valence-electron chi connectivity index (χ3n) is 3.43. The molecule has 0 aromatic heterocycles. The molecule has 1 aromatic carbocycles. The number of methoxy groups -OCH3 is 2. The summed E-state index contributed by atoms with van der Waals surface area (Å²) in [6.45, 7) is 0.525.